The standard InChI is InChI=1S/C20H24FNO3/c1-24-18-11-8-14(12-19(18)25-2)16-4-3-5-17(22-16)20(23)13-6-9-15(21)10-7-13/h6-12,16-17,20,22-23H,3-5H2,1-2H3. The van der Waals surface area contributed by atoms with E-state index in [1.54, 1.807) is 26.4 Å². The first kappa shape index (κ1) is 17.7. The van der Waals surface area contributed by atoms with Gasteiger partial charge in [0.2, 0.25) is 0 Å². The minimum absolute atomic E-state index is 0.0719. The van der Waals surface area contributed by atoms with Crippen molar-refractivity contribution in [3.05, 3.63) is 59.4 Å². The van der Waals surface area contributed by atoms with Gasteiger partial charge in [-0.05, 0) is 54.7 Å². The molecule has 1 fully saturated rings. The number of nitrogens with one attached hydrogen (secondary N) is 1. The van der Waals surface area contributed by atoms with Crippen LogP contribution in [0.4, 0.5) is 4.39 Å². The van der Waals surface area contributed by atoms with Gasteiger partial charge in [0.15, 0.2) is 11.5 Å². The van der Waals surface area contributed by atoms with Crippen molar-refractivity contribution in [3.8, 4) is 11.5 Å². The predicted molar refractivity (Wildman–Crippen MR) is 94.4 cm³/mol. The number of ether oxygens (including phenoxy) is 2. The molecule has 0 amide bonds. The van der Waals surface area contributed by atoms with Gasteiger partial charge in [-0.25, -0.2) is 4.39 Å². The van der Waals surface area contributed by atoms with Crippen molar-refractivity contribution in [3.63, 3.8) is 0 Å². The number of rotatable bonds is 5. The summed E-state index contributed by atoms with van der Waals surface area (Å²) in [4.78, 5) is 0. The zero-order valence-corrected chi connectivity index (χ0v) is 14.5. The second-order valence-corrected chi connectivity index (χ2v) is 6.37. The Kier molecular flexibility index (Phi) is 5.56. The molecule has 2 aromatic carbocycles. The number of aliphatic hydroxyl groups is 1. The van der Waals surface area contributed by atoms with E-state index in [0.29, 0.717) is 11.5 Å². The summed E-state index contributed by atoms with van der Waals surface area (Å²) >= 11 is 0. The van der Waals surface area contributed by atoms with Crippen molar-refractivity contribution in [2.24, 2.45) is 0 Å². The summed E-state index contributed by atoms with van der Waals surface area (Å²) < 4.78 is 23.8. The second kappa shape index (κ2) is 7.85. The predicted octanol–water partition coefficient (Wildman–Crippen LogP) is 3.76. The number of aliphatic hydroxyl groups excluding tert-OH is 1. The highest BCUT2D eigenvalue weighted by Gasteiger charge is 2.28. The van der Waals surface area contributed by atoms with Gasteiger partial charge < -0.3 is 19.9 Å². The summed E-state index contributed by atoms with van der Waals surface area (Å²) in [6.07, 6.45) is 2.21. The molecule has 3 atom stereocenters. The van der Waals surface area contributed by atoms with Gasteiger partial charge in [-0.1, -0.05) is 18.2 Å². The van der Waals surface area contributed by atoms with Crippen LogP contribution in [-0.2, 0) is 0 Å². The molecule has 0 aromatic heterocycles. The summed E-state index contributed by atoms with van der Waals surface area (Å²) in [5, 5.41) is 14.2. The fourth-order valence-electron chi connectivity index (χ4n) is 3.44. The van der Waals surface area contributed by atoms with Crippen LogP contribution in [0.1, 0.15) is 42.5 Å². The quantitative estimate of drug-likeness (QED) is 0.866. The highest BCUT2D eigenvalue weighted by molar-refractivity contribution is 5.44. The van der Waals surface area contributed by atoms with E-state index in [0.717, 1.165) is 30.4 Å². The average Bonchev–Trinajstić information content (AvgIpc) is 2.67. The van der Waals surface area contributed by atoms with Crippen LogP contribution in [0.25, 0.3) is 0 Å². The van der Waals surface area contributed by atoms with Crippen LogP contribution in [0.15, 0.2) is 42.5 Å². The van der Waals surface area contributed by atoms with Gasteiger partial charge in [0.1, 0.15) is 5.82 Å². The van der Waals surface area contributed by atoms with Gasteiger partial charge in [-0.15, -0.1) is 0 Å². The van der Waals surface area contributed by atoms with E-state index >= 15 is 0 Å². The molecule has 1 aliphatic rings. The number of hydrogen-bond donors (Lipinski definition) is 2. The fraction of sp³-hybridized carbons (Fsp3) is 0.400. The van der Waals surface area contributed by atoms with E-state index in [4.69, 9.17) is 9.47 Å². The van der Waals surface area contributed by atoms with Crippen LogP contribution in [0.5, 0.6) is 11.5 Å². The molecule has 0 spiro atoms. The maximum Gasteiger partial charge on any atom is 0.161 e. The number of halogens is 1. The van der Waals surface area contributed by atoms with Crippen molar-refractivity contribution in [2.45, 2.75) is 37.5 Å². The fourth-order valence-corrected chi connectivity index (χ4v) is 3.44. The van der Waals surface area contributed by atoms with Gasteiger partial charge in [0, 0.05) is 12.1 Å². The Labute approximate surface area is 147 Å². The van der Waals surface area contributed by atoms with Gasteiger partial charge in [-0.2, -0.15) is 0 Å². The maximum absolute atomic E-state index is 13.1. The van der Waals surface area contributed by atoms with Crippen LogP contribution < -0.4 is 14.8 Å². The third kappa shape index (κ3) is 3.94. The molecule has 1 saturated heterocycles. The molecule has 0 saturated carbocycles. The zero-order chi connectivity index (χ0) is 17.8. The van der Waals surface area contributed by atoms with Crippen LogP contribution in [0, 0.1) is 5.82 Å². The molecule has 0 radical (unpaired) electrons. The van der Waals surface area contributed by atoms with Crippen LogP contribution >= 0.6 is 0 Å². The zero-order valence-electron chi connectivity index (χ0n) is 14.5. The summed E-state index contributed by atoms with van der Waals surface area (Å²) in [7, 11) is 3.24. The number of methoxy groups -OCH3 is 2. The molecule has 2 aromatic rings. The van der Waals surface area contributed by atoms with E-state index < -0.39 is 6.10 Å². The number of benzene rings is 2. The molecule has 25 heavy (non-hydrogen) atoms. The Hall–Kier alpha value is -2.11. The van der Waals surface area contributed by atoms with E-state index in [2.05, 4.69) is 5.32 Å². The second-order valence-electron chi connectivity index (χ2n) is 6.37. The Morgan fingerprint density at radius 3 is 2.44 bits per heavy atom. The average molecular weight is 345 g/mol. The van der Waals surface area contributed by atoms with Gasteiger partial charge >= 0.3 is 0 Å². The third-order valence-corrected chi connectivity index (χ3v) is 4.83. The van der Waals surface area contributed by atoms with Gasteiger partial charge in [-0.3, -0.25) is 0 Å². The highest BCUT2D eigenvalue weighted by atomic mass is 19.1. The minimum Gasteiger partial charge on any atom is -0.493 e. The summed E-state index contributed by atoms with van der Waals surface area (Å²) in [5.41, 5.74) is 1.83. The molecule has 3 rings (SSSR count). The summed E-state index contributed by atoms with van der Waals surface area (Å²) in [5.74, 6) is 1.10. The largest absolute Gasteiger partial charge is 0.493 e. The van der Waals surface area contributed by atoms with E-state index in [1.807, 2.05) is 18.2 Å². The lowest BCUT2D eigenvalue weighted by Crippen LogP contribution is -2.41. The Morgan fingerprint density at radius 1 is 1.04 bits per heavy atom. The molecule has 0 bridgehead atoms. The van der Waals surface area contributed by atoms with Crippen LogP contribution in [0.2, 0.25) is 0 Å². The minimum atomic E-state index is -0.663. The van der Waals surface area contributed by atoms with Crippen molar-refractivity contribution in [2.75, 3.05) is 14.2 Å². The molecule has 5 heteroatoms. The maximum atomic E-state index is 13.1. The van der Waals surface area contributed by atoms with Crippen LogP contribution in [-0.4, -0.2) is 25.4 Å². The normalized spacial score (nSPS) is 21.6. The molecular formula is C20H24FNO3. The van der Waals surface area contributed by atoms with Crippen LogP contribution in [0.3, 0.4) is 0 Å². The molecule has 3 unspecified atom stereocenters. The molecular weight excluding hydrogens is 321 g/mol. The third-order valence-electron chi connectivity index (χ3n) is 4.83. The van der Waals surface area contributed by atoms with Crippen molar-refractivity contribution < 1.29 is 19.0 Å². The SMILES string of the molecule is COc1ccc(C2CCCC(C(O)c3ccc(F)cc3)N2)cc1OC. The molecule has 2 N–H and O–H groups in total. The highest BCUT2D eigenvalue weighted by Crippen LogP contribution is 2.35. The van der Waals surface area contributed by atoms with Crippen molar-refractivity contribution in [1.82, 2.24) is 5.32 Å². The lowest BCUT2D eigenvalue weighted by Gasteiger charge is -2.34. The topological polar surface area (TPSA) is 50.7 Å². The number of hydrogen-bond acceptors (Lipinski definition) is 4. The van der Waals surface area contributed by atoms with E-state index in [1.165, 1.54) is 12.1 Å². The first-order chi connectivity index (χ1) is 12.1. The lowest BCUT2D eigenvalue weighted by atomic mass is 9.89. The summed E-state index contributed by atoms with van der Waals surface area (Å²) in [6, 6.07) is 12.0. The molecule has 0 aliphatic carbocycles. The van der Waals surface area contributed by atoms with Gasteiger partial charge in [0.05, 0.1) is 20.3 Å². The molecule has 134 valence electrons. The Morgan fingerprint density at radius 2 is 1.76 bits per heavy atom. The smallest absolute Gasteiger partial charge is 0.161 e. The van der Waals surface area contributed by atoms with E-state index in [9.17, 15) is 9.50 Å². The van der Waals surface area contributed by atoms with E-state index in [-0.39, 0.29) is 17.9 Å². The van der Waals surface area contributed by atoms with Gasteiger partial charge in [0.25, 0.3) is 0 Å². The number of piperidine rings is 1. The van der Waals surface area contributed by atoms with Crippen molar-refractivity contribution >= 4 is 0 Å². The Balaban J connectivity index is 1.75. The van der Waals surface area contributed by atoms with Crippen molar-refractivity contribution in [1.29, 1.82) is 0 Å². The molecule has 4 nitrogen and oxygen atoms in total. The molecule has 1 aliphatic heterocycles. The summed E-state index contributed by atoms with van der Waals surface area (Å²) in [6.45, 7) is 0. The lowest BCUT2D eigenvalue weighted by molar-refractivity contribution is 0.101. The Bertz CT molecular complexity index is 705. The monoisotopic (exact) mass is 345 g/mol. The first-order valence-electron chi connectivity index (χ1n) is 8.54. The first-order valence-corrected chi connectivity index (χ1v) is 8.54. The molecule has 1 heterocycles.